The number of nitrogens with zero attached hydrogens (tertiary/aromatic N) is 3. The van der Waals surface area contributed by atoms with Crippen LogP contribution < -0.4 is 10.6 Å². The number of benzene rings is 1. The van der Waals surface area contributed by atoms with E-state index in [-0.39, 0.29) is 11.5 Å². The van der Waals surface area contributed by atoms with Gasteiger partial charge in [-0.05, 0) is 24.1 Å². The molecule has 1 aromatic carbocycles. The highest BCUT2D eigenvalue weighted by atomic mass is 16.6. The van der Waals surface area contributed by atoms with E-state index in [0.717, 1.165) is 12.1 Å². The molecule has 0 saturated heterocycles. The summed E-state index contributed by atoms with van der Waals surface area (Å²) in [5.41, 5.74) is 1.78. The third-order valence-corrected chi connectivity index (χ3v) is 2.81. The van der Waals surface area contributed by atoms with Crippen LogP contribution in [0.4, 0.5) is 23.1 Å². The second kappa shape index (κ2) is 5.96. The maximum absolute atomic E-state index is 11.0. The first kappa shape index (κ1) is 13.7. The van der Waals surface area contributed by atoms with Gasteiger partial charge in [-0.3, -0.25) is 10.1 Å². The van der Waals surface area contributed by atoms with Gasteiger partial charge in [-0.2, -0.15) is 4.98 Å². The van der Waals surface area contributed by atoms with Crippen LogP contribution in [0, 0.1) is 10.1 Å². The Balaban J connectivity index is 2.32. The van der Waals surface area contributed by atoms with E-state index in [1.165, 1.54) is 11.8 Å². The summed E-state index contributed by atoms with van der Waals surface area (Å²) in [6.07, 6.45) is 2.12. The lowest BCUT2D eigenvalue weighted by Crippen LogP contribution is -2.04. The first-order valence-electron chi connectivity index (χ1n) is 6.19. The second-order valence-corrected chi connectivity index (χ2v) is 4.11. The molecule has 0 atom stereocenters. The van der Waals surface area contributed by atoms with Gasteiger partial charge in [0, 0.05) is 12.7 Å². The van der Waals surface area contributed by atoms with Crippen molar-refractivity contribution < 1.29 is 4.92 Å². The Labute approximate surface area is 116 Å². The van der Waals surface area contributed by atoms with Crippen LogP contribution in [-0.4, -0.2) is 21.9 Å². The van der Waals surface area contributed by atoms with Gasteiger partial charge < -0.3 is 10.6 Å². The number of aromatic nitrogens is 2. The Morgan fingerprint density at radius 2 is 2.00 bits per heavy atom. The van der Waals surface area contributed by atoms with Gasteiger partial charge in [0.2, 0.25) is 11.8 Å². The lowest BCUT2D eigenvalue weighted by molar-refractivity contribution is -0.384. The van der Waals surface area contributed by atoms with Crippen molar-refractivity contribution >= 4 is 23.1 Å². The van der Waals surface area contributed by atoms with E-state index in [4.69, 9.17) is 0 Å². The minimum atomic E-state index is -0.512. The number of aryl methyl sites for hydroxylation is 1. The van der Waals surface area contributed by atoms with Crippen molar-refractivity contribution in [1.82, 2.24) is 9.97 Å². The van der Waals surface area contributed by atoms with Gasteiger partial charge >= 0.3 is 5.69 Å². The lowest BCUT2D eigenvalue weighted by atomic mass is 10.1. The summed E-state index contributed by atoms with van der Waals surface area (Å²) in [5, 5.41) is 16.7. The van der Waals surface area contributed by atoms with Crippen LogP contribution >= 0.6 is 0 Å². The summed E-state index contributed by atoms with van der Waals surface area (Å²) in [7, 11) is 1.65. The number of hydrogen-bond acceptors (Lipinski definition) is 6. The quantitative estimate of drug-likeness (QED) is 0.642. The molecule has 0 bridgehead atoms. The molecule has 0 spiro atoms. The van der Waals surface area contributed by atoms with E-state index in [1.807, 2.05) is 24.3 Å². The minimum absolute atomic E-state index is 0.163. The molecule has 1 heterocycles. The zero-order chi connectivity index (χ0) is 14.5. The molecule has 0 radical (unpaired) electrons. The van der Waals surface area contributed by atoms with Gasteiger partial charge in [0.15, 0.2) is 0 Å². The Morgan fingerprint density at radius 3 is 2.55 bits per heavy atom. The molecule has 104 valence electrons. The summed E-state index contributed by atoms with van der Waals surface area (Å²) >= 11 is 0. The maximum Gasteiger partial charge on any atom is 0.329 e. The van der Waals surface area contributed by atoms with Crippen molar-refractivity contribution in [1.29, 1.82) is 0 Å². The highest BCUT2D eigenvalue weighted by molar-refractivity contribution is 5.66. The molecule has 0 unspecified atom stereocenters. The normalized spacial score (nSPS) is 10.1. The van der Waals surface area contributed by atoms with Gasteiger partial charge in [-0.15, -0.1) is 0 Å². The van der Waals surface area contributed by atoms with Gasteiger partial charge in [0.1, 0.15) is 6.20 Å². The van der Waals surface area contributed by atoms with Gasteiger partial charge in [0.25, 0.3) is 0 Å². The van der Waals surface area contributed by atoms with Crippen LogP contribution in [0.5, 0.6) is 0 Å². The van der Waals surface area contributed by atoms with E-state index >= 15 is 0 Å². The fourth-order valence-corrected chi connectivity index (χ4v) is 1.68. The fourth-order valence-electron chi connectivity index (χ4n) is 1.68. The third-order valence-electron chi connectivity index (χ3n) is 2.81. The van der Waals surface area contributed by atoms with Crippen molar-refractivity contribution in [2.24, 2.45) is 0 Å². The number of rotatable bonds is 5. The van der Waals surface area contributed by atoms with Gasteiger partial charge in [-0.1, -0.05) is 19.1 Å². The zero-order valence-corrected chi connectivity index (χ0v) is 11.3. The summed E-state index contributed by atoms with van der Waals surface area (Å²) in [6.45, 7) is 2.07. The van der Waals surface area contributed by atoms with E-state index < -0.39 is 4.92 Å². The van der Waals surface area contributed by atoms with E-state index in [1.54, 1.807) is 7.05 Å². The maximum atomic E-state index is 11.0. The van der Waals surface area contributed by atoms with Gasteiger partial charge in [-0.25, -0.2) is 4.98 Å². The van der Waals surface area contributed by atoms with Crippen LogP contribution in [-0.2, 0) is 6.42 Å². The molecule has 0 fully saturated rings. The van der Waals surface area contributed by atoms with Crippen molar-refractivity contribution in [2.75, 3.05) is 17.7 Å². The second-order valence-electron chi connectivity index (χ2n) is 4.11. The smallest absolute Gasteiger partial charge is 0.329 e. The molecular formula is C13H15N5O2. The molecule has 20 heavy (non-hydrogen) atoms. The SMILES string of the molecule is CCc1ccc(Nc2nc(NC)ncc2[N+](=O)[O-])cc1. The number of nitro groups is 1. The van der Waals surface area contributed by atoms with Crippen molar-refractivity contribution in [3.05, 3.63) is 46.1 Å². The monoisotopic (exact) mass is 273 g/mol. The molecule has 0 aliphatic rings. The molecule has 7 nitrogen and oxygen atoms in total. The first-order chi connectivity index (χ1) is 9.63. The molecule has 2 rings (SSSR count). The summed E-state index contributed by atoms with van der Waals surface area (Å²) in [5.74, 6) is 0.488. The predicted molar refractivity (Wildman–Crippen MR) is 77.3 cm³/mol. The number of anilines is 3. The fraction of sp³-hybridized carbons (Fsp3) is 0.231. The topological polar surface area (TPSA) is 93.0 Å². The van der Waals surface area contributed by atoms with E-state index in [2.05, 4.69) is 27.5 Å². The van der Waals surface area contributed by atoms with Crippen molar-refractivity contribution in [2.45, 2.75) is 13.3 Å². The van der Waals surface area contributed by atoms with E-state index in [0.29, 0.717) is 5.95 Å². The third kappa shape index (κ3) is 3.00. The number of nitrogens with one attached hydrogen (secondary N) is 2. The lowest BCUT2D eigenvalue weighted by Gasteiger charge is -2.08. The average molecular weight is 273 g/mol. The molecule has 2 N–H and O–H groups in total. The van der Waals surface area contributed by atoms with Gasteiger partial charge in [0.05, 0.1) is 4.92 Å². The Morgan fingerprint density at radius 1 is 1.30 bits per heavy atom. The summed E-state index contributed by atoms with van der Waals surface area (Å²) in [4.78, 5) is 18.4. The molecule has 2 aromatic rings. The molecule has 0 aliphatic carbocycles. The Bertz CT molecular complexity index is 613. The molecule has 7 heteroatoms. The molecule has 0 amide bonds. The molecule has 0 saturated carbocycles. The van der Waals surface area contributed by atoms with Crippen LogP contribution in [0.2, 0.25) is 0 Å². The highest BCUT2D eigenvalue weighted by Crippen LogP contribution is 2.25. The van der Waals surface area contributed by atoms with E-state index in [9.17, 15) is 10.1 Å². The Hall–Kier alpha value is -2.70. The van der Waals surface area contributed by atoms with Crippen LogP contribution in [0.15, 0.2) is 30.5 Å². The largest absolute Gasteiger partial charge is 0.357 e. The first-order valence-corrected chi connectivity index (χ1v) is 6.19. The standard InChI is InChI=1S/C13H15N5O2/c1-3-9-4-6-10(7-5-9)16-12-11(18(19)20)8-15-13(14-2)17-12/h4-8H,3H2,1-2H3,(H2,14,15,16,17). The van der Waals surface area contributed by atoms with Crippen LogP contribution in [0.3, 0.4) is 0 Å². The number of hydrogen-bond donors (Lipinski definition) is 2. The average Bonchev–Trinajstić information content (AvgIpc) is 2.47. The summed E-state index contributed by atoms with van der Waals surface area (Å²) in [6, 6.07) is 7.66. The van der Waals surface area contributed by atoms with Crippen LogP contribution in [0.1, 0.15) is 12.5 Å². The molecule has 0 aliphatic heterocycles. The highest BCUT2D eigenvalue weighted by Gasteiger charge is 2.17. The van der Waals surface area contributed by atoms with Crippen LogP contribution in [0.25, 0.3) is 0 Å². The van der Waals surface area contributed by atoms with Crippen molar-refractivity contribution in [3.8, 4) is 0 Å². The summed E-state index contributed by atoms with van der Waals surface area (Å²) < 4.78 is 0. The molecule has 1 aromatic heterocycles. The van der Waals surface area contributed by atoms with Crippen molar-refractivity contribution in [3.63, 3.8) is 0 Å². The molecular weight excluding hydrogens is 258 g/mol. The zero-order valence-electron chi connectivity index (χ0n) is 11.3. The minimum Gasteiger partial charge on any atom is -0.357 e. The predicted octanol–water partition coefficient (Wildman–Crippen LogP) is 2.73. The Kier molecular flexibility index (Phi) is 4.09.